The van der Waals surface area contributed by atoms with E-state index in [4.69, 9.17) is 10.5 Å². The summed E-state index contributed by atoms with van der Waals surface area (Å²) in [6, 6.07) is 0.814. The average Bonchev–Trinajstić information content (AvgIpc) is 2.83. The molecule has 4 atom stereocenters. The summed E-state index contributed by atoms with van der Waals surface area (Å²) < 4.78 is 5.69. The number of nitrogens with two attached hydrogens (primary N) is 1. The first-order valence-electron chi connectivity index (χ1n) is 6.89. The molecule has 0 spiro atoms. The molecule has 0 radical (unpaired) electrons. The number of amides is 1. The largest absolute Gasteiger partial charge is 0.364 e. The molecule has 2 saturated heterocycles. The van der Waals surface area contributed by atoms with Crippen LogP contribution in [-0.2, 0) is 9.53 Å². The molecule has 0 aromatic carbocycles. The highest BCUT2D eigenvalue weighted by Crippen LogP contribution is 2.23. The van der Waals surface area contributed by atoms with E-state index in [1.807, 2.05) is 4.90 Å². The van der Waals surface area contributed by atoms with Crippen molar-refractivity contribution in [2.24, 2.45) is 5.73 Å². The second-order valence-electron chi connectivity index (χ2n) is 5.67. The Morgan fingerprint density at radius 1 is 1.28 bits per heavy atom. The van der Waals surface area contributed by atoms with Crippen LogP contribution in [0.2, 0.25) is 0 Å². The average molecular weight is 255 g/mol. The number of hydrogen-bond donors (Lipinski definition) is 1. The van der Waals surface area contributed by atoms with Crippen molar-refractivity contribution in [1.29, 1.82) is 0 Å². The van der Waals surface area contributed by atoms with Crippen LogP contribution in [0.5, 0.6) is 0 Å². The number of piperazine rings is 1. The lowest BCUT2D eigenvalue weighted by atomic mass is 10.1. The molecule has 0 aromatic rings. The monoisotopic (exact) mass is 255 g/mol. The Morgan fingerprint density at radius 2 is 1.89 bits per heavy atom. The van der Waals surface area contributed by atoms with Crippen molar-refractivity contribution >= 4 is 5.91 Å². The topological polar surface area (TPSA) is 58.8 Å². The number of likely N-dealkylation sites (N-methyl/N-ethyl adjacent to an activating group) is 1. The van der Waals surface area contributed by atoms with Crippen molar-refractivity contribution in [3.63, 3.8) is 0 Å². The Hall–Kier alpha value is -0.650. The van der Waals surface area contributed by atoms with Gasteiger partial charge in [-0.3, -0.25) is 9.69 Å². The van der Waals surface area contributed by atoms with Crippen LogP contribution in [-0.4, -0.2) is 66.7 Å². The minimum absolute atomic E-state index is 0.0706. The molecule has 2 rings (SSSR count). The number of carbonyl (C=O) groups is 1. The highest BCUT2D eigenvalue weighted by Gasteiger charge is 2.36. The Kier molecular flexibility index (Phi) is 4.25. The fourth-order valence-electron chi connectivity index (χ4n) is 2.85. The van der Waals surface area contributed by atoms with E-state index in [1.165, 1.54) is 0 Å². The predicted octanol–water partition coefficient (Wildman–Crippen LogP) is 0.0437. The Balaban J connectivity index is 1.94. The summed E-state index contributed by atoms with van der Waals surface area (Å²) >= 11 is 0. The van der Waals surface area contributed by atoms with Crippen LogP contribution < -0.4 is 5.73 Å². The van der Waals surface area contributed by atoms with Gasteiger partial charge >= 0.3 is 0 Å². The fraction of sp³-hybridized carbons (Fsp3) is 0.923. The van der Waals surface area contributed by atoms with Crippen LogP contribution in [0.25, 0.3) is 0 Å². The predicted molar refractivity (Wildman–Crippen MR) is 70.2 cm³/mol. The summed E-state index contributed by atoms with van der Waals surface area (Å²) in [6.45, 7) is 6.43. The molecule has 104 valence electrons. The fourth-order valence-corrected chi connectivity index (χ4v) is 2.85. The summed E-state index contributed by atoms with van der Waals surface area (Å²) in [6.07, 6.45) is 1.53. The molecule has 0 aliphatic carbocycles. The van der Waals surface area contributed by atoms with Crippen molar-refractivity contribution in [2.45, 2.75) is 51.0 Å². The minimum Gasteiger partial charge on any atom is -0.364 e. The van der Waals surface area contributed by atoms with Crippen molar-refractivity contribution in [2.75, 3.05) is 26.7 Å². The maximum absolute atomic E-state index is 12.4. The zero-order chi connectivity index (χ0) is 13.3. The van der Waals surface area contributed by atoms with E-state index < -0.39 is 0 Å². The van der Waals surface area contributed by atoms with Crippen LogP contribution in [0.15, 0.2) is 0 Å². The molecule has 0 saturated carbocycles. The smallest absolute Gasteiger partial charge is 0.251 e. The normalized spacial score (nSPS) is 38.1. The molecule has 2 heterocycles. The zero-order valence-corrected chi connectivity index (χ0v) is 11.6. The summed E-state index contributed by atoms with van der Waals surface area (Å²) in [5, 5.41) is 0. The van der Waals surface area contributed by atoms with Gasteiger partial charge in [-0.05, 0) is 33.7 Å². The number of hydrogen-bond acceptors (Lipinski definition) is 4. The lowest BCUT2D eigenvalue weighted by Gasteiger charge is -2.43. The first-order chi connectivity index (χ1) is 8.52. The van der Waals surface area contributed by atoms with Gasteiger partial charge in [0.2, 0.25) is 0 Å². The first kappa shape index (κ1) is 13.8. The first-order valence-corrected chi connectivity index (χ1v) is 6.89. The van der Waals surface area contributed by atoms with Gasteiger partial charge in [0.15, 0.2) is 0 Å². The molecule has 2 N–H and O–H groups in total. The molecule has 0 bridgehead atoms. The molecule has 2 aliphatic heterocycles. The Morgan fingerprint density at radius 3 is 2.39 bits per heavy atom. The maximum atomic E-state index is 12.4. The number of nitrogens with zero attached hydrogens (tertiary/aromatic N) is 2. The van der Waals surface area contributed by atoms with E-state index in [0.29, 0.717) is 18.6 Å². The third kappa shape index (κ3) is 2.68. The second-order valence-corrected chi connectivity index (χ2v) is 5.67. The number of rotatable bonds is 2. The van der Waals surface area contributed by atoms with Crippen LogP contribution in [0, 0.1) is 0 Å². The second kappa shape index (κ2) is 5.55. The highest BCUT2D eigenvalue weighted by molar-refractivity contribution is 5.81. The SMILES string of the molecule is CC1CN(C(=O)C2CCC(CN)O2)CC(C)N1C. The summed E-state index contributed by atoms with van der Waals surface area (Å²) in [5.74, 6) is 0.151. The summed E-state index contributed by atoms with van der Waals surface area (Å²) in [4.78, 5) is 16.7. The van der Waals surface area contributed by atoms with Crippen LogP contribution in [0.4, 0.5) is 0 Å². The minimum atomic E-state index is -0.263. The van der Waals surface area contributed by atoms with Gasteiger partial charge in [-0.2, -0.15) is 0 Å². The molecule has 5 nitrogen and oxygen atoms in total. The van der Waals surface area contributed by atoms with E-state index in [0.717, 1.165) is 25.9 Å². The number of ether oxygens (including phenoxy) is 1. The van der Waals surface area contributed by atoms with E-state index in [1.54, 1.807) is 0 Å². The lowest BCUT2D eigenvalue weighted by molar-refractivity contribution is -0.146. The lowest BCUT2D eigenvalue weighted by Crippen LogP contribution is -2.58. The molecule has 2 aliphatic rings. The van der Waals surface area contributed by atoms with Crippen molar-refractivity contribution in [3.8, 4) is 0 Å². The van der Waals surface area contributed by atoms with E-state index in [-0.39, 0.29) is 18.1 Å². The molecule has 4 unspecified atom stereocenters. The van der Waals surface area contributed by atoms with Gasteiger partial charge < -0.3 is 15.4 Å². The van der Waals surface area contributed by atoms with Gasteiger partial charge in [0.25, 0.3) is 5.91 Å². The van der Waals surface area contributed by atoms with E-state index >= 15 is 0 Å². The quantitative estimate of drug-likeness (QED) is 0.757. The Bertz CT molecular complexity index is 299. The van der Waals surface area contributed by atoms with Gasteiger partial charge in [0.1, 0.15) is 6.10 Å². The molecule has 18 heavy (non-hydrogen) atoms. The Labute approximate surface area is 109 Å². The molecule has 0 aromatic heterocycles. The van der Waals surface area contributed by atoms with E-state index in [9.17, 15) is 4.79 Å². The van der Waals surface area contributed by atoms with Gasteiger partial charge in [0.05, 0.1) is 6.10 Å². The van der Waals surface area contributed by atoms with Crippen molar-refractivity contribution in [1.82, 2.24) is 9.80 Å². The standard InChI is InChI=1S/C13H25N3O2/c1-9-7-16(8-10(2)15(9)3)13(17)12-5-4-11(6-14)18-12/h9-12H,4-8,14H2,1-3H3. The third-order valence-electron chi connectivity index (χ3n) is 4.32. The highest BCUT2D eigenvalue weighted by atomic mass is 16.5. The van der Waals surface area contributed by atoms with Gasteiger partial charge in [-0.25, -0.2) is 0 Å². The molecular weight excluding hydrogens is 230 g/mol. The van der Waals surface area contributed by atoms with Crippen LogP contribution >= 0.6 is 0 Å². The van der Waals surface area contributed by atoms with E-state index in [2.05, 4.69) is 25.8 Å². The van der Waals surface area contributed by atoms with Gasteiger partial charge in [0, 0.05) is 31.7 Å². The summed E-state index contributed by atoms with van der Waals surface area (Å²) in [7, 11) is 2.12. The molecular formula is C13H25N3O2. The summed E-state index contributed by atoms with van der Waals surface area (Å²) in [5.41, 5.74) is 5.58. The van der Waals surface area contributed by atoms with Gasteiger partial charge in [-0.1, -0.05) is 0 Å². The zero-order valence-electron chi connectivity index (χ0n) is 11.6. The molecule has 5 heteroatoms. The van der Waals surface area contributed by atoms with Crippen LogP contribution in [0.3, 0.4) is 0 Å². The molecule has 1 amide bonds. The van der Waals surface area contributed by atoms with Crippen molar-refractivity contribution in [3.05, 3.63) is 0 Å². The maximum Gasteiger partial charge on any atom is 0.251 e. The van der Waals surface area contributed by atoms with Gasteiger partial charge in [-0.15, -0.1) is 0 Å². The van der Waals surface area contributed by atoms with Crippen LogP contribution in [0.1, 0.15) is 26.7 Å². The third-order valence-corrected chi connectivity index (χ3v) is 4.32. The molecule has 2 fully saturated rings. The van der Waals surface area contributed by atoms with Crippen molar-refractivity contribution < 1.29 is 9.53 Å². The number of carbonyl (C=O) groups excluding carboxylic acids is 1.